The normalized spacial score (nSPS) is 10.2. The fourth-order valence-electron chi connectivity index (χ4n) is 1.73. The van der Waals surface area contributed by atoms with Crippen LogP contribution < -0.4 is 14.2 Å². The molecular formula is C14H15NO4S. The molecule has 20 heavy (non-hydrogen) atoms. The van der Waals surface area contributed by atoms with Crippen molar-refractivity contribution in [3.63, 3.8) is 0 Å². The first-order valence-corrected chi connectivity index (χ1v) is 6.81. The average Bonchev–Trinajstić information content (AvgIpc) is 2.89. The first-order chi connectivity index (χ1) is 9.67. The lowest BCUT2D eigenvalue weighted by atomic mass is 10.2. The molecule has 2 rings (SSSR count). The maximum absolute atomic E-state index is 10.9. The predicted octanol–water partition coefficient (Wildman–Crippen LogP) is 2.86. The summed E-state index contributed by atoms with van der Waals surface area (Å²) in [7, 11) is 3.03. The Hall–Kier alpha value is -2.08. The second-order valence-electron chi connectivity index (χ2n) is 4.02. The highest BCUT2D eigenvalue weighted by atomic mass is 32.1. The van der Waals surface area contributed by atoms with Gasteiger partial charge in [0.2, 0.25) is 5.75 Å². The molecule has 0 saturated heterocycles. The third kappa shape index (κ3) is 3.08. The van der Waals surface area contributed by atoms with Gasteiger partial charge in [-0.15, -0.1) is 11.3 Å². The first kappa shape index (κ1) is 14.3. The molecule has 6 heteroatoms. The third-order valence-electron chi connectivity index (χ3n) is 2.65. The summed E-state index contributed by atoms with van der Waals surface area (Å²) < 4.78 is 16.2. The van der Waals surface area contributed by atoms with E-state index in [1.54, 1.807) is 23.5 Å². The Morgan fingerprint density at radius 3 is 2.35 bits per heavy atom. The van der Waals surface area contributed by atoms with Crippen molar-refractivity contribution in [1.29, 1.82) is 0 Å². The molecule has 0 saturated carbocycles. The van der Waals surface area contributed by atoms with E-state index >= 15 is 0 Å². The van der Waals surface area contributed by atoms with Crippen LogP contribution in [0.2, 0.25) is 0 Å². The predicted molar refractivity (Wildman–Crippen MR) is 76.1 cm³/mol. The van der Waals surface area contributed by atoms with Crippen molar-refractivity contribution in [2.75, 3.05) is 14.2 Å². The van der Waals surface area contributed by atoms with Crippen LogP contribution >= 0.6 is 11.3 Å². The van der Waals surface area contributed by atoms with Crippen molar-refractivity contribution < 1.29 is 19.0 Å². The van der Waals surface area contributed by atoms with E-state index in [9.17, 15) is 4.79 Å². The van der Waals surface area contributed by atoms with Crippen LogP contribution in [-0.2, 0) is 6.61 Å². The van der Waals surface area contributed by atoms with Gasteiger partial charge in [-0.25, -0.2) is 4.98 Å². The number of benzene rings is 1. The highest BCUT2D eigenvalue weighted by molar-refractivity contribution is 7.09. The molecule has 0 atom stereocenters. The molecule has 2 aromatic rings. The van der Waals surface area contributed by atoms with Crippen LogP contribution in [0.1, 0.15) is 21.1 Å². The van der Waals surface area contributed by atoms with E-state index in [1.165, 1.54) is 14.2 Å². The SMILES string of the molecule is COc1cc(C=O)cc(OC)c1OCc1csc(C)n1. The van der Waals surface area contributed by atoms with Gasteiger partial charge in [0.15, 0.2) is 11.5 Å². The second kappa shape index (κ2) is 6.38. The zero-order chi connectivity index (χ0) is 14.5. The Morgan fingerprint density at radius 1 is 1.25 bits per heavy atom. The molecule has 106 valence electrons. The fraction of sp³-hybridized carbons (Fsp3) is 0.286. The lowest BCUT2D eigenvalue weighted by molar-refractivity contribution is 0.112. The molecule has 0 spiro atoms. The highest BCUT2D eigenvalue weighted by Crippen LogP contribution is 2.38. The van der Waals surface area contributed by atoms with Crippen molar-refractivity contribution in [3.05, 3.63) is 33.8 Å². The van der Waals surface area contributed by atoms with Crippen molar-refractivity contribution in [2.45, 2.75) is 13.5 Å². The maximum atomic E-state index is 10.9. The van der Waals surface area contributed by atoms with Crippen molar-refractivity contribution >= 4 is 17.6 Å². The van der Waals surface area contributed by atoms with E-state index < -0.39 is 0 Å². The molecule has 1 aromatic heterocycles. The molecule has 0 radical (unpaired) electrons. The number of methoxy groups -OCH3 is 2. The number of carbonyl (C=O) groups is 1. The third-order valence-corrected chi connectivity index (χ3v) is 3.47. The Labute approximate surface area is 121 Å². The summed E-state index contributed by atoms with van der Waals surface area (Å²) in [5.74, 6) is 1.38. The van der Waals surface area contributed by atoms with Crippen molar-refractivity contribution in [1.82, 2.24) is 4.98 Å². The van der Waals surface area contributed by atoms with E-state index in [2.05, 4.69) is 4.98 Å². The van der Waals surface area contributed by atoms with Gasteiger partial charge in [0.1, 0.15) is 12.9 Å². The van der Waals surface area contributed by atoms with E-state index in [1.807, 2.05) is 12.3 Å². The van der Waals surface area contributed by atoms with Gasteiger partial charge in [-0.2, -0.15) is 0 Å². The Bertz CT molecular complexity index is 584. The number of rotatable bonds is 6. The zero-order valence-electron chi connectivity index (χ0n) is 11.5. The summed E-state index contributed by atoms with van der Waals surface area (Å²) >= 11 is 1.57. The largest absolute Gasteiger partial charge is 0.493 e. The van der Waals surface area contributed by atoms with Crippen LogP contribution in [-0.4, -0.2) is 25.5 Å². The van der Waals surface area contributed by atoms with Crippen LogP contribution in [0.5, 0.6) is 17.2 Å². The number of hydrogen-bond acceptors (Lipinski definition) is 6. The molecule has 5 nitrogen and oxygen atoms in total. The Balaban J connectivity index is 2.27. The number of hydrogen-bond donors (Lipinski definition) is 0. The van der Waals surface area contributed by atoms with Crippen molar-refractivity contribution in [2.24, 2.45) is 0 Å². The summed E-state index contributed by atoms with van der Waals surface area (Å²) in [5, 5.41) is 2.92. The monoisotopic (exact) mass is 293 g/mol. The maximum Gasteiger partial charge on any atom is 0.203 e. The number of ether oxygens (including phenoxy) is 3. The van der Waals surface area contributed by atoms with E-state index in [4.69, 9.17) is 14.2 Å². The van der Waals surface area contributed by atoms with Gasteiger partial charge in [0, 0.05) is 10.9 Å². The van der Waals surface area contributed by atoms with Gasteiger partial charge < -0.3 is 14.2 Å². The van der Waals surface area contributed by atoms with Crippen LogP contribution in [0, 0.1) is 6.92 Å². The van der Waals surface area contributed by atoms with E-state index in [0.29, 0.717) is 29.4 Å². The first-order valence-electron chi connectivity index (χ1n) is 5.93. The van der Waals surface area contributed by atoms with Crippen LogP contribution in [0.25, 0.3) is 0 Å². The highest BCUT2D eigenvalue weighted by Gasteiger charge is 2.14. The summed E-state index contributed by atoms with van der Waals surface area (Å²) in [5.41, 5.74) is 1.31. The molecule has 0 aliphatic carbocycles. The molecule has 1 heterocycles. The lowest BCUT2D eigenvalue weighted by Crippen LogP contribution is -2.01. The quantitative estimate of drug-likeness (QED) is 0.766. The van der Waals surface area contributed by atoms with Gasteiger partial charge in [-0.1, -0.05) is 0 Å². The molecular weight excluding hydrogens is 278 g/mol. The van der Waals surface area contributed by atoms with Crippen LogP contribution in [0.3, 0.4) is 0 Å². The molecule has 0 fully saturated rings. The number of carbonyl (C=O) groups excluding carboxylic acids is 1. The molecule has 0 unspecified atom stereocenters. The minimum absolute atomic E-state index is 0.317. The Kier molecular flexibility index (Phi) is 4.57. The van der Waals surface area contributed by atoms with E-state index in [0.717, 1.165) is 17.0 Å². The van der Waals surface area contributed by atoms with E-state index in [-0.39, 0.29) is 0 Å². The number of nitrogens with zero attached hydrogens (tertiary/aromatic N) is 1. The van der Waals surface area contributed by atoms with Gasteiger partial charge in [0.05, 0.1) is 24.9 Å². The topological polar surface area (TPSA) is 57.7 Å². The van der Waals surface area contributed by atoms with Gasteiger partial charge in [-0.05, 0) is 19.1 Å². The van der Waals surface area contributed by atoms with Gasteiger partial charge in [-0.3, -0.25) is 4.79 Å². The summed E-state index contributed by atoms with van der Waals surface area (Å²) in [4.78, 5) is 15.2. The molecule has 0 aliphatic rings. The second-order valence-corrected chi connectivity index (χ2v) is 5.08. The molecule has 0 aliphatic heterocycles. The zero-order valence-corrected chi connectivity index (χ0v) is 12.3. The number of aryl methyl sites for hydroxylation is 1. The smallest absolute Gasteiger partial charge is 0.203 e. The fourth-order valence-corrected chi connectivity index (χ4v) is 2.33. The number of aromatic nitrogens is 1. The van der Waals surface area contributed by atoms with Gasteiger partial charge in [0.25, 0.3) is 0 Å². The Morgan fingerprint density at radius 2 is 1.90 bits per heavy atom. The average molecular weight is 293 g/mol. The summed E-state index contributed by atoms with van der Waals surface area (Å²) in [6.07, 6.45) is 0.735. The minimum Gasteiger partial charge on any atom is -0.493 e. The van der Waals surface area contributed by atoms with Crippen LogP contribution in [0.15, 0.2) is 17.5 Å². The lowest BCUT2D eigenvalue weighted by Gasteiger charge is -2.14. The summed E-state index contributed by atoms with van der Waals surface area (Å²) in [6.45, 7) is 2.26. The molecule has 0 N–H and O–H groups in total. The van der Waals surface area contributed by atoms with Crippen LogP contribution in [0.4, 0.5) is 0 Å². The molecule has 0 bridgehead atoms. The minimum atomic E-state index is 0.317. The van der Waals surface area contributed by atoms with Crippen molar-refractivity contribution in [3.8, 4) is 17.2 Å². The molecule has 0 amide bonds. The number of aldehydes is 1. The number of thiazole rings is 1. The standard InChI is InChI=1S/C14H15NO4S/c1-9-15-11(8-20-9)7-19-14-12(17-2)4-10(6-16)5-13(14)18-3/h4-6,8H,7H2,1-3H3. The summed E-state index contributed by atoms with van der Waals surface area (Å²) in [6, 6.07) is 3.22. The van der Waals surface area contributed by atoms with Gasteiger partial charge >= 0.3 is 0 Å². The molecule has 1 aromatic carbocycles.